The fourth-order valence-corrected chi connectivity index (χ4v) is 3.31. The number of fused-ring (bicyclic) bond motifs is 1. The first-order chi connectivity index (χ1) is 10.9. The van der Waals surface area contributed by atoms with Crippen molar-refractivity contribution in [3.05, 3.63) is 11.6 Å². The van der Waals surface area contributed by atoms with Crippen LogP contribution in [0.3, 0.4) is 0 Å². The largest absolute Gasteiger partial charge is 0.451 e. The van der Waals surface area contributed by atoms with Gasteiger partial charge in [-0.2, -0.15) is 13.2 Å². The highest BCUT2D eigenvalue weighted by Gasteiger charge is 2.41. The van der Waals surface area contributed by atoms with Gasteiger partial charge in [0.1, 0.15) is 0 Å². The van der Waals surface area contributed by atoms with Crippen molar-refractivity contribution in [2.45, 2.75) is 51.6 Å². The van der Waals surface area contributed by atoms with Crippen molar-refractivity contribution in [1.29, 1.82) is 0 Å². The molecule has 0 saturated carbocycles. The van der Waals surface area contributed by atoms with E-state index < -0.39 is 12.0 Å². The number of carbonyl (C=O) groups is 1. The van der Waals surface area contributed by atoms with Gasteiger partial charge in [-0.15, -0.1) is 10.2 Å². The molecule has 0 bridgehead atoms. The van der Waals surface area contributed by atoms with Crippen molar-refractivity contribution >= 4 is 5.91 Å². The summed E-state index contributed by atoms with van der Waals surface area (Å²) in [4.78, 5) is 14.3. The van der Waals surface area contributed by atoms with E-state index in [2.05, 4.69) is 10.2 Å². The molecule has 1 saturated heterocycles. The number of hydrogen-bond donors (Lipinski definition) is 0. The summed E-state index contributed by atoms with van der Waals surface area (Å²) >= 11 is 0. The Bertz CT molecular complexity index is 587. The van der Waals surface area contributed by atoms with Crippen LogP contribution in [-0.2, 0) is 28.8 Å². The maximum Gasteiger partial charge on any atom is 0.451 e. The summed E-state index contributed by atoms with van der Waals surface area (Å²) in [6, 6.07) is 0. The minimum absolute atomic E-state index is 0.0561. The highest BCUT2D eigenvalue weighted by atomic mass is 19.4. The van der Waals surface area contributed by atoms with E-state index in [0.29, 0.717) is 6.61 Å². The van der Waals surface area contributed by atoms with Crippen molar-refractivity contribution < 1.29 is 22.7 Å². The molecule has 3 rings (SSSR count). The first-order valence-corrected chi connectivity index (χ1v) is 7.81. The van der Waals surface area contributed by atoms with E-state index in [1.54, 1.807) is 4.90 Å². The number of amides is 1. The molecule has 1 amide bonds. The Morgan fingerprint density at radius 3 is 2.83 bits per heavy atom. The van der Waals surface area contributed by atoms with Crippen molar-refractivity contribution in [3.8, 4) is 0 Å². The Labute approximate surface area is 131 Å². The third kappa shape index (κ3) is 3.06. The maximum atomic E-state index is 12.8. The van der Waals surface area contributed by atoms with E-state index in [4.69, 9.17) is 4.74 Å². The van der Waals surface area contributed by atoms with Crippen LogP contribution in [0.1, 0.15) is 37.8 Å². The van der Waals surface area contributed by atoms with Gasteiger partial charge in [0.2, 0.25) is 11.7 Å². The topological polar surface area (TPSA) is 60.2 Å². The SMILES string of the molecule is CC[C@@H]1OCCC[C@@H]1C(=O)N1CCn2c(nnc2C(F)(F)F)C1. The van der Waals surface area contributed by atoms with Gasteiger partial charge >= 0.3 is 6.18 Å². The van der Waals surface area contributed by atoms with Crippen molar-refractivity contribution in [2.24, 2.45) is 5.92 Å². The second-order valence-corrected chi connectivity index (χ2v) is 5.92. The Balaban J connectivity index is 1.74. The van der Waals surface area contributed by atoms with E-state index in [9.17, 15) is 18.0 Å². The predicted molar refractivity (Wildman–Crippen MR) is 73.2 cm³/mol. The quantitative estimate of drug-likeness (QED) is 0.829. The molecule has 6 nitrogen and oxygen atoms in total. The van der Waals surface area contributed by atoms with Crippen molar-refractivity contribution in [1.82, 2.24) is 19.7 Å². The van der Waals surface area contributed by atoms with Gasteiger partial charge in [-0.25, -0.2) is 0 Å². The summed E-state index contributed by atoms with van der Waals surface area (Å²) < 4.78 is 45.2. The normalized spacial score (nSPS) is 25.3. The fraction of sp³-hybridized carbons (Fsp3) is 0.786. The van der Waals surface area contributed by atoms with Crippen molar-refractivity contribution in [3.63, 3.8) is 0 Å². The van der Waals surface area contributed by atoms with Crippen molar-refractivity contribution in [2.75, 3.05) is 13.2 Å². The number of alkyl halides is 3. The summed E-state index contributed by atoms with van der Waals surface area (Å²) in [7, 11) is 0. The number of carbonyl (C=O) groups excluding carboxylic acids is 1. The smallest absolute Gasteiger partial charge is 0.377 e. The highest BCUT2D eigenvalue weighted by Crippen LogP contribution is 2.31. The van der Waals surface area contributed by atoms with E-state index in [1.807, 2.05) is 6.92 Å². The number of ether oxygens (including phenoxy) is 1. The Morgan fingerprint density at radius 2 is 2.13 bits per heavy atom. The summed E-state index contributed by atoms with van der Waals surface area (Å²) in [5.74, 6) is -1.08. The second kappa shape index (κ2) is 6.10. The molecule has 2 aliphatic rings. The van der Waals surface area contributed by atoms with Gasteiger partial charge in [0.05, 0.1) is 18.6 Å². The monoisotopic (exact) mass is 332 g/mol. The molecule has 0 N–H and O–H groups in total. The zero-order valence-corrected chi connectivity index (χ0v) is 12.8. The Hall–Kier alpha value is -1.64. The average molecular weight is 332 g/mol. The summed E-state index contributed by atoms with van der Waals surface area (Å²) in [6.07, 6.45) is -2.30. The van der Waals surface area contributed by atoms with E-state index in [1.165, 1.54) is 0 Å². The molecule has 128 valence electrons. The van der Waals surface area contributed by atoms with Gasteiger partial charge in [0.15, 0.2) is 5.82 Å². The zero-order valence-electron chi connectivity index (χ0n) is 12.8. The summed E-state index contributed by atoms with van der Waals surface area (Å²) in [5, 5.41) is 6.84. The number of hydrogen-bond acceptors (Lipinski definition) is 4. The number of rotatable bonds is 2. The molecule has 0 aromatic carbocycles. The summed E-state index contributed by atoms with van der Waals surface area (Å²) in [5.41, 5.74) is 0. The molecule has 0 radical (unpaired) electrons. The molecule has 2 aliphatic heterocycles. The Morgan fingerprint density at radius 1 is 1.35 bits per heavy atom. The van der Waals surface area contributed by atoms with E-state index in [-0.39, 0.29) is 43.4 Å². The molecule has 3 heterocycles. The minimum Gasteiger partial charge on any atom is -0.377 e. The lowest BCUT2D eigenvalue weighted by Gasteiger charge is -2.36. The molecule has 2 atom stereocenters. The third-order valence-corrected chi connectivity index (χ3v) is 4.48. The molecule has 23 heavy (non-hydrogen) atoms. The average Bonchev–Trinajstić information content (AvgIpc) is 2.97. The number of halogens is 3. The first kappa shape index (κ1) is 16.2. The molecule has 0 spiro atoms. The molecule has 0 unspecified atom stereocenters. The van der Waals surface area contributed by atoms with E-state index >= 15 is 0 Å². The lowest BCUT2D eigenvalue weighted by molar-refractivity contribution is -0.149. The molecule has 9 heteroatoms. The van der Waals surface area contributed by atoms with Crippen LogP contribution < -0.4 is 0 Å². The van der Waals surface area contributed by atoms with Crippen LogP contribution in [-0.4, -0.2) is 44.8 Å². The van der Waals surface area contributed by atoms with Crippen LogP contribution in [0.15, 0.2) is 0 Å². The van der Waals surface area contributed by atoms with Crippen LogP contribution in [0.5, 0.6) is 0 Å². The van der Waals surface area contributed by atoms with Crippen LogP contribution in [0.25, 0.3) is 0 Å². The molecule has 0 aliphatic carbocycles. The molecule has 1 aromatic heterocycles. The molecular formula is C14H19F3N4O2. The zero-order chi connectivity index (χ0) is 16.6. The second-order valence-electron chi connectivity index (χ2n) is 5.92. The van der Waals surface area contributed by atoms with Gasteiger partial charge in [0.25, 0.3) is 0 Å². The third-order valence-electron chi connectivity index (χ3n) is 4.48. The predicted octanol–water partition coefficient (Wildman–Crippen LogP) is 1.84. The van der Waals surface area contributed by atoms with E-state index in [0.717, 1.165) is 23.8 Å². The van der Waals surface area contributed by atoms with Crippen LogP contribution in [0, 0.1) is 5.92 Å². The van der Waals surface area contributed by atoms with Gasteiger partial charge < -0.3 is 14.2 Å². The fourth-order valence-electron chi connectivity index (χ4n) is 3.31. The van der Waals surface area contributed by atoms with Crippen LogP contribution in [0.2, 0.25) is 0 Å². The number of nitrogens with zero attached hydrogens (tertiary/aromatic N) is 4. The summed E-state index contributed by atoms with van der Waals surface area (Å²) in [6.45, 7) is 2.99. The standard InChI is InChI=1S/C14H19F3N4O2/c1-2-10-9(4-3-7-23-10)12(22)20-5-6-21-11(8-20)18-19-13(21)14(15,16)17/h9-10H,2-8H2,1H3/t9-,10-/m0/s1. The minimum atomic E-state index is -4.53. The first-order valence-electron chi connectivity index (χ1n) is 7.81. The molecule has 1 aromatic rings. The molecular weight excluding hydrogens is 313 g/mol. The van der Waals surface area contributed by atoms with Gasteiger partial charge in [0, 0.05) is 19.7 Å². The maximum absolute atomic E-state index is 12.8. The number of aromatic nitrogens is 3. The van der Waals surface area contributed by atoms with Gasteiger partial charge in [-0.3, -0.25) is 4.79 Å². The van der Waals surface area contributed by atoms with Crippen LogP contribution in [0.4, 0.5) is 13.2 Å². The lowest BCUT2D eigenvalue weighted by atomic mass is 9.91. The molecule has 1 fully saturated rings. The van der Waals surface area contributed by atoms with Gasteiger partial charge in [-0.05, 0) is 19.3 Å². The van der Waals surface area contributed by atoms with Crippen LogP contribution >= 0.6 is 0 Å². The van der Waals surface area contributed by atoms with Gasteiger partial charge in [-0.1, -0.05) is 6.92 Å². The lowest BCUT2D eigenvalue weighted by Crippen LogP contribution is -2.46. The highest BCUT2D eigenvalue weighted by molar-refractivity contribution is 5.79. The Kier molecular flexibility index (Phi) is 4.31.